The van der Waals surface area contributed by atoms with Crippen molar-refractivity contribution in [3.63, 3.8) is 0 Å². The van der Waals surface area contributed by atoms with Crippen molar-refractivity contribution in [2.75, 3.05) is 5.32 Å². The number of carboxylic acids is 1. The van der Waals surface area contributed by atoms with Gasteiger partial charge >= 0.3 is 5.97 Å². The minimum Gasteiger partial charge on any atom is -0.481 e. The molecule has 0 unspecified atom stereocenters. The van der Waals surface area contributed by atoms with Crippen LogP contribution < -0.4 is 5.32 Å². The summed E-state index contributed by atoms with van der Waals surface area (Å²) in [5.41, 5.74) is 1.27. The number of carbonyl (C=O) groups excluding carboxylic acids is 1. The van der Waals surface area contributed by atoms with Gasteiger partial charge in [-0.15, -0.1) is 11.3 Å². The van der Waals surface area contributed by atoms with Gasteiger partial charge in [-0.3, -0.25) is 9.59 Å². The first-order chi connectivity index (χ1) is 10.9. The lowest BCUT2D eigenvalue weighted by Gasteiger charge is -2.10. The zero-order chi connectivity index (χ0) is 16.8. The number of nitrogens with one attached hydrogen (secondary N) is 1. The molecule has 122 valence electrons. The second-order valence-corrected chi connectivity index (χ2v) is 6.26. The molecule has 0 radical (unpaired) electrons. The number of carbonyl (C=O) groups is 2. The third-order valence-electron chi connectivity index (χ3n) is 3.14. The summed E-state index contributed by atoms with van der Waals surface area (Å²) in [6, 6.07) is 6.33. The number of aromatic nitrogens is 1. The van der Waals surface area contributed by atoms with E-state index < -0.39 is 5.97 Å². The molecule has 0 saturated carbocycles. The Labute approximate surface area is 137 Å². The maximum atomic E-state index is 13.1. The average Bonchev–Trinajstić information content (AvgIpc) is 2.84. The number of rotatable bonds is 7. The van der Waals surface area contributed by atoms with Gasteiger partial charge in [0, 0.05) is 11.8 Å². The molecule has 2 aromatic rings. The molecule has 0 spiro atoms. The van der Waals surface area contributed by atoms with Crippen molar-refractivity contribution < 1.29 is 19.1 Å². The summed E-state index contributed by atoms with van der Waals surface area (Å²) >= 11 is 1.20. The summed E-state index contributed by atoms with van der Waals surface area (Å²) in [5.74, 6) is -1.38. The van der Waals surface area contributed by atoms with Crippen molar-refractivity contribution in [1.29, 1.82) is 0 Å². The molecule has 0 bridgehead atoms. The quantitative estimate of drug-likeness (QED) is 0.814. The fourth-order valence-electron chi connectivity index (χ4n) is 2.23. The normalized spacial score (nSPS) is 11.9. The van der Waals surface area contributed by atoms with Gasteiger partial charge in [0.2, 0.25) is 5.91 Å². The summed E-state index contributed by atoms with van der Waals surface area (Å²) in [5, 5.41) is 13.4. The van der Waals surface area contributed by atoms with Crippen LogP contribution in [0.25, 0.3) is 0 Å². The second kappa shape index (κ2) is 7.82. The number of nitrogens with zero attached hydrogens (tertiary/aromatic N) is 1. The van der Waals surface area contributed by atoms with Crippen molar-refractivity contribution in [1.82, 2.24) is 4.98 Å². The van der Waals surface area contributed by atoms with Crippen LogP contribution in [0.4, 0.5) is 9.52 Å². The van der Waals surface area contributed by atoms with E-state index in [-0.39, 0.29) is 30.5 Å². The van der Waals surface area contributed by atoms with Crippen LogP contribution in [0.2, 0.25) is 0 Å². The monoisotopic (exact) mass is 336 g/mol. The van der Waals surface area contributed by atoms with Gasteiger partial charge in [0.05, 0.1) is 12.1 Å². The Bertz CT molecular complexity index is 702. The molecule has 1 heterocycles. The van der Waals surface area contributed by atoms with E-state index in [4.69, 9.17) is 5.11 Å². The molecule has 1 atom stereocenters. The van der Waals surface area contributed by atoms with Gasteiger partial charge in [-0.05, 0) is 30.0 Å². The standard InChI is InChI=1S/C16H17FN2O3S/c1-10(5-11-3-2-4-12(17)7-11)6-14(20)19-16-18-13(9-23-16)8-15(21)22/h2-4,7,9-10H,5-6,8H2,1H3,(H,21,22)(H,18,19,20)/t10-/m0/s1. The number of benzene rings is 1. The lowest BCUT2D eigenvalue weighted by atomic mass is 9.98. The van der Waals surface area contributed by atoms with Gasteiger partial charge in [0.15, 0.2) is 5.13 Å². The van der Waals surface area contributed by atoms with Crippen LogP contribution in [0.5, 0.6) is 0 Å². The first kappa shape index (κ1) is 17.1. The Kier molecular flexibility index (Phi) is 5.81. The van der Waals surface area contributed by atoms with E-state index in [9.17, 15) is 14.0 Å². The number of halogens is 1. The second-order valence-electron chi connectivity index (χ2n) is 5.41. The van der Waals surface area contributed by atoms with Gasteiger partial charge in [-0.25, -0.2) is 9.37 Å². The average molecular weight is 336 g/mol. The van der Waals surface area contributed by atoms with E-state index in [1.165, 1.54) is 23.5 Å². The van der Waals surface area contributed by atoms with E-state index in [0.717, 1.165) is 5.56 Å². The van der Waals surface area contributed by atoms with Gasteiger partial charge in [-0.1, -0.05) is 19.1 Å². The van der Waals surface area contributed by atoms with E-state index in [1.54, 1.807) is 11.4 Å². The van der Waals surface area contributed by atoms with Crippen molar-refractivity contribution in [2.45, 2.75) is 26.2 Å². The highest BCUT2D eigenvalue weighted by Gasteiger charge is 2.13. The predicted molar refractivity (Wildman–Crippen MR) is 86.0 cm³/mol. The lowest BCUT2D eigenvalue weighted by Crippen LogP contribution is -2.16. The Hall–Kier alpha value is -2.28. The molecule has 0 aliphatic carbocycles. The third kappa shape index (κ3) is 5.78. The first-order valence-corrected chi connectivity index (χ1v) is 8.01. The highest BCUT2D eigenvalue weighted by atomic mass is 32.1. The SMILES string of the molecule is C[C@H](CC(=O)Nc1nc(CC(=O)O)cs1)Cc1cccc(F)c1. The Morgan fingerprint density at radius 2 is 2.22 bits per heavy atom. The van der Waals surface area contributed by atoms with Gasteiger partial charge < -0.3 is 10.4 Å². The van der Waals surface area contributed by atoms with Gasteiger partial charge in [0.1, 0.15) is 5.82 Å². The largest absolute Gasteiger partial charge is 0.481 e. The highest BCUT2D eigenvalue weighted by Crippen LogP contribution is 2.18. The summed E-state index contributed by atoms with van der Waals surface area (Å²) in [7, 11) is 0. The maximum absolute atomic E-state index is 13.1. The molecule has 0 fully saturated rings. The zero-order valence-electron chi connectivity index (χ0n) is 12.6. The fraction of sp³-hybridized carbons (Fsp3) is 0.312. The third-order valence-corrected chi connectivity index (χ3v) is 3.94. The van der Waals surface area contributed by atoms with Crippen LogP contribution in [-0.2, 0) is 22.4 Å². The molecule has 0 saturated heterocycles. The van der Waals surface area contributed by atoms with Gasteiger partial charge in [-0.2, -0.15) is 0 Å². The molecule has 1 aromatic heterocycles. The minimum absolute atomic E-state index is 0.0512. The van der Waals surface area contributed by atoms with Crippen LogP contribution in [-0.4, -0.2) is 22.0 Å². The predicted octanol–water partition coefficient (Wildman–Crippen LogP) is 3.12. The molecule has 7 heteroatoms. The van der Waals surface area contributed by atoms with E-state index in [0.29, 0.717) is 17.2 Å². The molecule has 1 amide bonds. The van der Waals surface area contributed by atoms with E-state index in [2.05, 4.69) is 10.3 Å². The number of amides is 1. The first-order valence-electron chi connectivity index (χ1n) is 7.13. The van der Waals surface area contributed by atoms with Crippen LogP contribution in [0, 0.1) is 11.7 Å². The molecule has 2 rings (SSSR count). The minimum atomic E-state index is -0.961. The van der Waals surface area contributed by atoms with Crippen LogP contribution >= 0.6 is 11.3 Å². The number of hydrogen-bond acceptors (Lipinski definition) is 4. The number of anilines is 1. The van der Waals surface area contributed by atoms with E-state index in [1.807, 2.05) is 13.0 Å². The fourth-order valence-corrected chi connectivity index (χ4v) is 2.95. The Morgan fingerprint density at radius 3 is 2.91 bits per heavy atom. The lowest BCUT2D eigenvalue weighted by molar-refractivity contribution is -0.136. The van der Waals surface area contributed by atoms with Crippen molar-refractivity contribution in [2.24, 2.45) is 5.92 Å². The summed E-state index contributed by atoms with van der Waals surface area (Å²) in [4.78, 5) is 26.6. The number of carboxylic acid groups (broad SMARTS) is 1. The zero-order valence-corrected chi connectivity index (χ0v) is 13.4. The topological polar surface area (TPSA) is 79.3 Å². The molecular formula is C16H17FN2O3S. The van der Waals surface area contributed by atoms with Crippen molar-refractivity contribution in [3.8, 4) is 0 Å². The van der Waals surface area contributed by atoms with Crippen LogP contribution in [0.3, 0.4) is 0 Å². The maximum Gasteiger partial charge on any atom is 0.309 e. The molecular weight excluding hydrogens is 319 g/mol. The summed E-state index contributed by atoms with van der Waals surface area (Å²) < 4.78 is 13.1. The molecule has 23 heavy (non-hydrogen) atoms. The number of thiazole rings is 1. The highest BCUT2D eigenvalue weighted by molar-refractivity contribution is 7.13. The van der Waals surface area contributed by atoms with Crippen LogP contribution in [0.15, 0.2) is 29.6 Å². The van der Waals surface area contributed by atoms with Crippen molar-refractivity contribution >= 4 is 28.3 Å². The molecule has 1 aromatic carbocycles. The van der Waals surface area contributed by atoms with E-state index >= 15 is 0 Å². The molecule has 5 nitrogen and oxygen atoms in total. The Balaban J connectivity index is 1.84. The summed E-state index contributed by atoms with van der Waals surface area (Å²) in [6.45, 7) is 1.92. The van der Waals surface area contributed by atoms with Gasteiger partial charge in [0.25, 0.3) is 0 Å². The smallest absolute Gasteiger partial charge is 0.309 e. The molecule has 0 aliphatic rings. The number of aliphatic carboxylic acids is 1. The molecule has 2 N–H and O–H groups in total. The number of hydrogen-bond donors (Lipinski definition) is 2. The summed E-state index contributed by atoms with van der Waals surface area (Å²) in [6.07, 6.45) is 0.722. The Morgan fingerprint density at radius 1 is 1.43 bits per heavy atom. The molecule has 0 aliphatic heterocycles. The van der Waals surface area contributed by atoms with Crippen molar-refractivity contribution in [3.05, 3.63) is 46.7 Å². The van der Waals surface area contributed by atoms with Crippen LogP contribution in [0.1, 0.15) is 24.6 Å².